The van der Waals surface area contributed by atoms with Gasteiger partial charge in [-0.05, 0) is 24.6 Å². The fourth-order valence-electron chi connectivity index (χ4n) is 2.42. The van der Waals surface area contributed by atoms with Gasteiger partial charge in [-0.25, -0.2) is 0 Å². The van der Waals surface area contributed by atoms with E-state index in [1.165, 1.54) is 0 Å². The highest BCUT2D eigenvalue weighted by Gasteiger charge is 2.19. The molecule has 0 aliphatic rings. The molecule has 0 bridgehead atoms. The normalized spacial score (nSPS) is 13.5. The molecule has 0 spiro atoms. The van der Waals surface area contributed by atoms with Crippen molar-refractivity contribution in [3.8, 4) is 11.5 Å². The molecule has 2 atom stereocenters. The fraction of sp³-hybridized carbons (Fsp3) is 0.333. The lowest BCUT2D eigenvalue weighted by atomic mass is 10.0. The molecule has 2 aromatic rings. The van der Waals surface area contributed by atoms with E-state index < -0.39 is 6.10 Å². The van der Waals surface area contributed by atoms with E-state index in [1.807, 2.05) is 55.5 Å². The summed E-state index contributed by atoms with van der Waals surface area (Å²) in [6.45, 7) is 2.76. The van der Waals surface area contributed by atoms with Gasteiger partial charge in [0.15, 0.2) is 0 Å². The Hall–Kier alpha value is -2.04. The van der Waals surface area contributed by atoms with Gasteiger partial charge in [0.1, 0.15) is 30.2 Å². The Balaban J connectivity index is 2.00. The van der Waals surface area contributed by atoms with E-state index in [4.69, 9.17) is 9.47 Å². The van der Waals surface area contributed by atoms with Crippen molar-refractivity contribution in [1.29, 1.82) is 0 Å². The maximum atomic E-state index is 10.4. The molecular weight excluding hydrogens is 278 g/mol. The molecule has 0 aliphatic heterocycles. The van der Waals surface area contributed by atoms with Crippen molar-refractivity contribution in [2.24, 2.45) is 0 Å². The van der Waals surface area contributed by atoms with Gasteiger partial charge < -0.3 is 19.9 Å². The van der Waals surface area contributed by atoms with Gasteiger partial charge in [-0.3, -0.25) is 0 Å². The van der Waals surface area contributed by atoms with Crippen molar-refractivity contribution in [2.75, 3.05) is 14.2 Å². The van der Waals surface area contributed by atoms with E-state index in [2.05, 4.69) is 5.32 Å². The summed E-state index contributed by atoms with van der Waals surface area (Å²) in [4.78, 5) is 0. The molecule has 0 unspecified atom stereocenters. The minimum absolute atomic E-state index is 0.0502. The molecule has 118 valence electrons. The highest BCUT2D eigenvalue weighted by molar-refractivity contribution is 5.40. The van der Waals surface area contributed by atoms with Gasteiger partial charge in [-0.15, -0.1) is 0 Å². The zero-order chi connectivity index (χ0) is 15.9. The van der Waals surface area contributed by atoms with Gasteiger partial charge in [0.05, 0.1) is 14.2 Å². The Bertz CT molecular complexity index is 586. The first-order valence-corrected chi connectivity index (χ1v) is 7.43. The maximum Gasteiger partial charge on any atom is 0.131 e. The second-order valence-corrected chi connectivity index (χ2v) is 5.33. The maximum absolute atomic E-state index is 10.4. The van der Waals surface area contributed by atoms with Gasteiger partial charge in [-0.2, -0.15) is 0 Å². The molecule has 0 radical (unpaired) electrons. The average molecular weight is 302 g/mol. The summed E-state index contributed by atoms with van der Waals surface area (Å²) in [6.07, 6.45) is -0.495. The SMILES string of the molecule is COc1ccc(C[NH2+][C@H](C)[C@H](O)c2ccccc2)c(OC)c1. The smallest absolute Gasteiger partial charge is 0.131 e. The molecule has 0 saturated heterocycles. The van der Waals surface area contributed by atoms with Crippen LogP contribution in [0.2, 0.25) is 0 Å². The van der Waals surface area contributed by atoms with E-state index in [0.29, 0.717) is 0 Å². The van der Waals surface area contributed by atoms with E-state index >= 15 is 0 Å². The minimum Gasteiger partial charge on any atom is -0.497 e. The molecule has 2 aromatic carbocycles. The Kier molecular flexibility index (Phi) is 5.81. The van der Waals surface area contributed by atoms with Crippen LogP contribution in [0.4, 0.5) is 0 Å². The van der Waals surface area contributed by atoms with Crippen molar-refractivity contribution >= 4 is 0 Å². The van der Waals surface area contributed by atoms with E-state index in [1.54, 1.807) is 14.2 Å². The lowest BCUT2D eigenvalue weighted by molar-refractivity contribution is -0.709. The Morgan fingerprint density at radius 3 is 2.41 bits per heavy atom. The number of rotatable bonds is 7. The highest BCUT2D eigenvalue weighted by Crippen LogP contribution is 2.24. The summed E-state index contributed by atoms with van der Waals surface area (Å²) in [5.74, 6) is 1.58. The monoisotopic (exact) mass is 302 g/mol. The first kappa shape index (κ1) is 16.3. The van der Waals surface area contributed by atoms with Crippen LogP contribution >= 0.6 is 0 Å². The van der Waals surface area contributed by atoms with Crippen LogP contribution in [0.5, 0.6) is 11.5 Å². The third-order valence-corrected chi connectivity index (χ3v) is 3.84. The van der Waals surface area contributed by atoms with E-state index in [0.717, 1.165) is 29.2 Å². The number of nitrogens with two attached hydrogens (primary N) is 1. The topological polar surface area (TPSA) is 55.3 Å². The predicted octanol–water partition coefficient (Wildman–Crippen LogP) is 1.89. The second kappa shape index (κ2) is 7.82. The van der Waals surface area contributed by atoms with Gasteiger partial charge >= 0.3 is 0 Å². The van der Waals surface area contributed by atoms with Gasteiger partial charge in [-0.1, -0.05) is 30.3 Å². The molecule has 0 fully saturated rings. The molecule has 0 heterocycles. The summed E-state index contributed by atoms with van der Waals surface area (Å²) in [5, 5.41) is 12.5. The largest absolute Gasteiger partial charge is 0.497 e. The number of quaternary nitrogens is 1. The molecule has 22 heavy (non-hydrogen) atoms. The third kappa shape index (κ3) is 4.00. The summed E-state index contributed by atoms with van der Waals surface area (Å²) in [7, 11) is 3.29. The zero-order valence-electron chi connectivity index (χ0n) is 13.3. The first-order chi connectivity index (χ1) is 10.7. The van der Waals surface area contributed by atoms with Crippen molar-refractivity contribution < 1.29 is 19.9 Å². The lowest BCUT2D eigenvalue weighted by Gasteiger charge is -2.18. The minimum atomic E-state index is -0.495. The Morgan fingerprint density at radius 1 is 1.05 bits per heavy atom. The van der Waals surface area contributed by atoms with Crippen molar-refractivity contribution in [1.82, 2.24) is 0 Å². The summed E-state index contributed by atoms with van der Waals surface area (Å²) < 4.78 is 10.6. The average Bonchev–Trinajstić information content (AvgIpc) is 2.59. The number of hydrogen-bond acceptors (Lipinski definition) is 3. The molecule has 0 amide bonds. The molecule has 3 N–H and O–H groups in total. The van der Waals surface area contributed by atoms with Gasteiger partial charge in [0.25, 0.3) is 0 Å². The Labute approximate surface area is 131 Å². The van der Waals surface area contributed by atoms with Crippen LogP contribution in [0.15, 0.2) is 48.5 Å². The summed E-state index contributed by atoms with van der Waals surface area (Å²) >= 11 is 0. The molecule has 4 heteroatoms. The molecule has 0 aromatic heterocycles. The standard InChI is InChI=1S/C18H23NO3/c1-13(18(20)14-7-5-4-6-8-14)19-12-15-9-10-16(21-2)11-17(15)22-3/h4-11,13,18-20H,12H2,1-3H3/p+1/t13-,18+/m1/s1. The van der Waals surface area contributed by atoms with E-state index in [9.17, 15) is 5.11 Å². The number of ether oxygens (including phenoxy) is 2. The van der Waals surface area contributed by atoms with Crippen LogP contribution in [0.25, 0.3) is 0 Å². The molecule has 0 aliphatic carbocycles. The van der Waals surface area contributed by atoms with Crippen molar-refractivity contribution in [3.05, 3.63) is 59.7 Å². The second-order valence-electron chi connectivity index (χ2n) is 5.33. The number of aliphatic hydroxyl groups excluding tert-OH is 1. The zero-order valence-corrected chi connectivity index (χ0v) is 13.3. The number of hydrogen-bond donors (Lipinski definition) is 2. The number of benzene rings is 2. The van der Waals surface area contributed by atoms with Crippen molar-refractivity contribution in [2.45, 2.75) is 25.6 Å². The highest BCUT2D eigenvalue weighted by atomic mass is 16.5. The van der Waals surface area contributed by atoms with Crippen LogP contribution < -0.4 is 14.8 Å². The lowest BCUT2D eigenvalue weighted by Crippen LogP contribution is -2.89. The number of aliphatic hydroxyl groups is 1. The summed E-state index contributed by atoms with van der Waals surface area (Å²) in [6, 6.07) is 15.6. The van der Waals surface area contributed by atoms with Crippen LogP contribution in [0, 0.1) is 0 Å². The molecule has 0 saturated carbocycles. The molecular formula is C18H24NO3+. The molecule has 2 rings (SSSR count). The van der Waals surface area contributed by atoms with Crippen molar-refractivity contribution in [3.63, 3.8) is 0 Å². The van der Waals surface area contributed by atoms with Crippen LogP contribution in [0.3, 0.4) is 0 Å². The van der Waals surface area contributed by atoms with Crippen LogP contribution in [-0.2, 0) is 6.54 Å². The van der Waals surface area contributed by atoms with Crippen LogP contribution in [-0.4, -0.2) is 25.4 Å². The quantitative estimate of drug-likeness (QED) is 0.821. The fourth-order valence-corrected chi connectivity index (χ4v) is 2.42. The predicted molar refractivity (Wildman–Crippen MR) is 86.0 cm³/mol. The Morgan fingerprint density at radius 2 is 1.77 bits per heavy atom. The third-order valence-electron chi connectivity index (χ3n) is 3.84. The molecule has 4 nitrogen and oxygen atoms in total. The van der Waals surface area contributed by atoms with Crippen LogP contribution in [0.1, 0.15) is 24.2 Å². The van der Waals surface area contributed by atoms with Gasteiger partial charge in [0, 0.05) is 11.6 Å². The number of methoxy groups -OCH3 is 2. The summed E-state index contributed by atoms with van der Waals surface area (Å²) in [5.41, 5.74) is 2.02. The van der Waals surface area contributed by atoms with Gasteiger partial charge in [0.2, 0.25) is 0 Å². The van der Waals surface area contributed by atoms with E-state index in [-0.39, 0.29) is 6.04 Å². The first-order valence-electron chi connectivity index (χ1n) is 7.43.